The molecule has 0 saturated heterocycles. The molecule has 3 aliphatic rings. The molecule has 0 aromatic rings. The van der Waals surface area contributed by atoms with E-state index in [1.54, 1.807) is 12.3 Å². The predicted molar refractivity (Wildman–Crippen MR) is 48.5 cm³/mol. The zero-order valence-corrected chi connectivity index (χ0v) is 6.79. The van der Waals surface area contributed by atoms with Crippen LogP contribution in [0.4, 0.5) is 0 Å². The van der Waals surface area contributed by atoms with Crippen molar-refractivity contribution in [2.24, 2.45) is 4.99 Å². The van der Waals surface area contributed by atoms with Crippen LogP contribution >= 0.6 is 0 Å². The van der Waals surface area contributed by atoms with Gasteiger partial charge in [-0.1, -0.05) is 6.08 Å². The highest BCUT2D eigenvalue weighted by Crippen LogP contribution is 2.28. The van der Waals surface area contributed by atoms with Crippen molar-refractivity contribution in [2.75, 3.05) is 6.54 Å². The van der Waals surface area contributed by atoms with Gasteiger partial charge in [-0.3, -0.25) is 5.41 Å². The molecule has 2 N–H and O–H groups in total. The van der Waals surface area contributed by atoms with Gasteiger partial charge in [0.15, 0.2) is 5.76 Å². The molecule has 64 valence electrons. The highest BCUT2D eigenvalue weighted by molar-refractivity contribution is 6.25. The molecule has 13 heavy (non-hydrogen) atoms. The molecule has 3 heterocycles. The lowest BCUT2D eigenvalue weighted by Crippen LogP contribution is -2.16. The van der Waals surface area contributed by atoms with Gasteiger partial charge in [-0.05, 0) is 0 Å². The maximum absolute atomic E-state index is 7.38. The zero-order chi connectivity index (χ0) is 8.84. The highest BCUT2D eigenvalue weighted by Gasteiger charge is 2.28. The summed E-state index contributed by atoms with van der Waals surface area (Å²) >= 11 is 0. The minimum Gasteiger partial charge on any atom is -0.460 e. The van der Waals surface area contributed by atoms with Crippen molar-refractivity contribution >= 4 is 11.5 Å². The Morgan fingerprint density at radius 2 is 2.46 bits per heavy atom. The molecule has 0 fully saturated rings. The molecule has 0 saturated carbocycles. The molecule has 0 aromatic carbocycles. The summed E-state index contributed by atoms with van der Waals surface area (Å²) in [6.07, 6.45) is 5.35. The van der Waals surface area contributed by atoms with Crippen LogP contribution in [0.15, 0.2) is 40.4 Å². The molecule has 4 heteroatoms. The van der Waals surface area contributed by atoms with E-state index in [0.717, 1.165) is 23.5 Å². The second-order valence-electron chi connectivity index (χ2n) is 3.00. The van der Waals surface area contributed by atoms with Gasteiger partial charge in [0.25, 0.3) is 0 Å². The lowest BCUT2D eigenvalue weighted by Gasteiger charge is -2.14. The van der Waals surface area contributed by atoms with Crippen molar-refractivity contribution in [1.29, 1.82) is 5.41 Å². The number of amidine groups is 1. The van der Waals surface area contributed by atoms with Gasteiger partial charge in [-0.15, -0.1) is 0 Å². The Hall–Kier alpha value is -1.84. The van der Waals surface area contributed by atoms with E-state index in [-0.39, 0.29) is 5.84 Å². The molecule has 3 rings (SSSR count). The van der Waals surface area contributed by atoms with Gasteiger partial charge >= 0.3 is 0 Å². The first-order chi connectivity index (χ1) is 6.34. The van der Waals surface area contributed by atoms with Crippen LogP contribution in [-0.4, -0.2) is 18.1 Å². The number of fused-ring (bicyclic) bond motifs is 3. The smallest absolute Gasteiger partial charge is 0.156 e. The average molecular weight is 173 g/mol. The molecule has 0 bridgehead atoms. The summed E-state index contributed by atoms with van der Waals surface area (Å²) in [6, 6.07) is 0. The van der Waals surface area contributed by atoms with Gasteiger partial charge in [0.1, 0.15) is 17.8 Å². The van der Waals surface area contributed by atoms with Gasteiger partial charge in [0, 0.05) is 18.2 Å². The van der Waals surface area contributed by atoms with Gasteiger partial charge in [-0.25, -0.2) is 4.99 Å². The molecule has 4 nitrogen and oxygen atoms in total. The van der Waals surface area contributed by atoms with Gasteiger partial charge in [0.05, 0.1) is 5.70 Å². The number of allylic oxidation sites excluding steroid dienone is 2. The van der Waals surface area contributed by atoms with Gasteiger partial charge in [0.2, 0.25) is 0 Å². The van der Waals surface area contributed by atoms with Crippen LogP contribution in [0.1, 0.15) is 0 Å². The number of rotatable bonds is 0. The number of nitrogens with zero attached hydrogens (tertiary/aromatic N) is 1. The quantitative estimate of drug-likeness (QED) is 0.566. The van der Waals surface area contributed by atoms with Crippen molar-refractivity contribution in [2.45, 2.75) is 0 Å². The summed E-state index contributed by atoms with van der Waals surface area (Å²) in [6.45, 7) is 0.810. The molecule has 0 unspecified atom stereocenters. The molecule has 0 aromatic heterocycles. The Balaban J connectivity index is 2.18. The summed E-state index contributed by atoms with van der Waals surface area (Å²) in [4.78, 5) is 4.09. The fraction of sp³-hybridized carbons (Fsp3) is 0.111. The second kappa shape index (κ2) is 2.10. The summed E-state index contributed by atoms with van der Waals surface area (Å²) in [5.41, 5.74) is 2.80. The Morgan fingerprint density at radius 3 is 3.38 bits per heavy atom. The van der Waals surface area contributed by atoms with E-state index >= 15 is 0 Å². The summed E-state index contributed by atoms with van der Waals surface area (Å²) in [5.74, 6) is 0.941. The van der Waals surface area contributed by atoms with E-state index < -0.39 is 0 Å². The van der Waals surface area contributed by atoms with Crippen LogP contribution in [0.3, 0.4) is 0 Å². The lowest BCUT2D eigenvalue weighted by atomic mass is 10.1. The Kier molecular flexibility index (Phi) is 1.07. The van der Waals surface area contributed by atoms with E-state index in [1.807, 2.05) is 0 Å². The third-order valence-corrected chi connectivity index (χ3v) is 2.18. The SMILES string of the molecule is N=C1C=C2OC=C3NCC=C3C2=N1. The molecule has 0 spiro atoms. The number of hydrogen-bond donors (Lipinski definition) is 2. The monoisotopic (exact) mass is 173 g/mol. The Morgan fingerprint density at radius 1 is 1.54 bits per heavy atom. The maximum atomic E-state index is 7.38. The van der Waals surface area contributed by atoms with Crippen molar-refractivity contribution in [3.8, 4) is 0 Å². The van der Waals surface area contributed by atoms with E-state index in [4.69, 9.17) is 10.1 Å². The molecule has 3 aliphatic heterocycles. The number of ether oxygens (including phenoxy) is 1. The number of aliphatic imine (C=N–C) groups is 1. The summed E-state index contributed by atoms with van der Waals surface area (Å²) in [7, 11) is 0. The van der Waals surface area contributed by atoms with E-state index in [0.29, 0.717) is 5.76 Å². The first-order valence-electron chi connectivity index (χ1n) is 4.05. The summed E-state index contributed by atoms with van der Waals surface area (Å²) in [5, 5.41) is 10.5. The largest absolute Gasteiger partial charge is 0.460 e. The molecular formula is C9H7N3O. The van der Waals surface area contributed by atoms with Crippen LogP contribution in [0.2, 0.25) is 0 Å². The number of hydrogen-bond acceptors (Lipinski definition) is 3. The van der Waals surface area contributed by atoms with E-state index in [2.05, 4.69) is 16.4 Å². The Labute approximate surface area is 74.8 Å². The van der Waals surface area contributed by atoms with Crippen LogP contribution in [0.25, 0.3) is 0 Å². The van der Waals surface area contributed by atoms with Crippen LogP contribution in [-0.2, 0) is 4.74 Å². The third kappa shape index (κ3) is 0.796. The fourth-order valence-electron chi connectivity index (χ4n) is 1.60. The maximum Gasteiger partial charge on any atom is 0.156 e. The van der Waals surface area contributed by atoms with E-state index in [1.165, 1.54) is 0 Å². The van der Waals surface area contributed by atoms with Crippen molar-refractivity contribution in [3.63, 3.8) is 0 Å². The highest BCUT2D eigenvalue weighted by atomic mass is 16.5. The average Bonchev–Trinajstić information content (AvgIpc) is 2.65. The van der Waals surface area contributed by atoms with Crippen LogP contribution < -0.4 is 5.32 Å². The van der Waals surface area contributed by atoms with Crippen molar-refractivity contribution < 1.29 is 4.74 Å². The minimum atomic E-state index is 0.257. The summed E-state index contributed by atoms with van der Waals surface area (Å²) < 4.78 is 5.31. The van der Waals surface area contributed by atoms with Gasteiger partial charge < -0.3 is 10.1 Å². The first-order valence-corrected chi connectivity index (χ1v) is 4.05. The van der Waals surface area contributed by atoms with Crippen LogP contribution in [0, 0.1) is 5.41 Å². The molecule has 0 aliphatic carbocycles. The second-order valence-corrected chi connectivity index (χ2v) is 3.00. The minimum absolute atomic E-state index is 0.257. The molecule has 0 radical (unpaired) electrons. The van der Waals surface area contributed by atoms with Crippen molar-refractivity contribution in [3.05, 3.63) is 35.4 Å². The van der Waals surface area contributed by atoms with Crippen molar-refractivity contribution in [1.82, 2.24) is 5.32 Å². The fourth-order valence-corrected chi connectivity index (χ4v) is 1.60. The standard InChI is InChI=1S/C9H7N3O/c10-8-3-7-9(12-8)5-1-2-11-6(5)4-13-7/h1,3-4,10-11H,2H2. The molecule has 0 amide bonds. The third-order valence-electron chi connectivity index (χ3n) is 2.18. The van der Waals surface area contributed by atoms with E-state index in [9.17, 15) is 0 Å². The molecule has 0 atom stereocenters. The van der Waals surface area contributed by atoms with Gasteiger partial charge in [-0.2, -0.15) is 0 Å². The normalized spacial score (nSPS) is 23.2. The molecular weight excluding hydrogens is 166 g/mol. The predicted octanol–water partition coefficient (Wildman–Crippen LogP) is 0.703. The van der Waals surface area contributed by atoms with Crippen LogP contribution in [0.5, 0.6) is 0 Å². The lowest BCUT2D eigenvalue weighted by molar-refractivity contribution is 0.368. The number of nitrogens with one attached hydrogen (secondary N) is 2. The first kappa shape index (κ1) is 6.65. The Bertz CT molecular complexity index is 426. The zero-order valence-electron chi connectivity index (χ0n) is 6.79. The topological polar surface area (TPSA) is 57.5 Å².